The summed E-state index contributed by atoms with van der Waals surface area (Å²) in [5.74, 6) is 2.20. The molecule has 14 heteroatoms. The van der Waals surface area contributed by atoms with E-state index >= 15 is 0 Å². The molecule has 2 amide bonds. The first kappa shape index (κ1) is 45.7. The maximum atomic E-state index is 14.9. The molecular weight excluding hydrogens is 825 g/mol. The van der Waals surface area contributed by atoms with Crippen molar-refractivity contribution in [2.75, 3.05) is 16.4 Å². The van der Waals surface area contributed by atoms with Crippen molar-refractivity contribution in [3.63, 3.8) is 0 Å². The lowest BCUT2D eigenvalue weighted by molar-refractivity contribution is -0.119. The van der Waals surface area contributed by atoms with Gasteiger partial charge in [0.2, 0.25) is 11.8 Å². The fourth-order valence-electron chi connectivity index (χ4n) is 8.96. The van der Waals surface area contributed by atoms with E-state index < -0.39 is 0 Å². The van der Waals surface area contributed by atoms with Gasteiger partial charge in [-0.15, -0.1) is 0 Å². The Morgan fingerprint density at radius 1 is 0.545 bits per heavy atom. The highest BCUT2D eigenvalue weighted by atomic mass is 16.2. The van der Waals surface area contributed by atoms with Gasteiger partial charge in [0.1, 0.15) is 22.7 Å². The number of imidazole rings is 2. The van der Waals surface area contributed by atoms with Crippen molar-refractivity contribution in [1.82, 2.24) is 29.1 Å². The lowest BCUT2D eigenvalue weighted by atomic mass is 10.1. The number of rotatable bonds is 21. The number of hydrogen-bond acceptors (Lipinski definition) is 10. The second-order valence-electron chi connectivity index (χ2n) is 17.4. The Morgan fingerprint density at radius 3 is 1.38 bits per heavy atom. The zero-order valence-corrected chi connectivity index (χ0v) is 38.2. The summed E-state index contributed by atoms with van der Waals surface area (Å²) in [6, 6.07) is 28.6. The number of unbranched alkanes of at least 4 members (excludes halogenated alkanes) is 5. The first-order valence-electron chi connectivity index (χ1n) is 23.4. The van der Waals surface area contributed by atoms with E-state index in [0.29, 0.717) is 90.5 Å². The Hall–Kier alpha value is -6.90. The fraction of sp³-hybridized carbons (Fsp3) is 0.346. The Kier molecular flexibility index (Phi) is 14.2. The highest BCUT2D eigenvalue weighted by Crippen LogP contribution is 2.38. The van der Waals surface area contributed by atoms with E-state index in [4.69, 9.17) is 48.6 Å². The minimum atomic E-state index is -0.313. The third-order valence-electron chi connectivity index (χ3n) is 12.6. The van der Waals surface area contributed by atoms with Crippen molar-refractivity contribution in [1.29, 1.82) is 0 Å². The number of nitrogens with zero attached hydrogens (tertiary/aromatic N) is 7. The van der Waals surface area contributed by atoms with Crippen molar-refractivity contribution in [2.24, 2.45) is 17.2 Å². The summed E-state index contributed by atoms with van der Waals surface area (Å²) in [4.78, 5) is 48.1. The summed E-state index contributed by atoms with van der Waals surface area (Å²) in [6.07, 6.45) is 9.05. The van der Waals surface area contributed by atoms with Gasteiger partial charge in [-0.05, 0) is 84.3 Å². The maximum absolute atomic E-state index is 14.9. The highest BCUT2D eigenvalue weighted by Gasteiger charge is 2.25. The van der Waals surface area contributed by atoms with Gasteiger partial charge >= 0.3 is 0 Å². The van der Waals surface area contributed by atoms with Crippen molar-refractivity contribution < 1.29 is 9.59 Å². The van der Waals surface area contributed by atoms with Crippen molar-refractivity contribution in [3.8, 4) is 0 Å². The summed E-state index contributed by atoms with van der Waals surface area (Å²) < 4.78 is 4.52. The van der Waals surface area contributed by atoms with E-state index in [-0.39, 0.29) is 18.2 Å². The van der Waals surface area contributed by atoms with Gasteiger partial charge in [-0.25, -0.2) is 19.9 Å². The summed E-state index contributed by atoms with van der Waals surface area (Å²) in [5.41, 5.74) is 40.8. The number of pyridine rings is 2. The third kappa shape index (κ3) is 9.70. The Labute approximate surface area is 385 Å². The van der Waals surface area contributed by atoms with Crippen LogP contribution in [0.4, 0.5) is 23.0 Å². The number of anilines is 4. The van der Waals surface area contributed by atoms with E-state index in [2.05, 4.69) is 71.5 Å². The van der Waals surface area contributed by atoms with Crippen LogP contribution in [0.5, 0.6) is 0 Å². The molecular formula is C52H62N12O2. The lowest BCUT2D eigenvalue weighted by Crippen LogP contribution is -2.25. The van der Waals surface area contributed by atoms with E-state index in [1.54, 1.807) is 4.90 Å². The van der Waals surface area contributed by atoms with Gasteiger partial charge in [0.25, 0.3) is 0 Å². The number of benzene rings is 4. The van der Waals surface area contributed by atoms with Crippen LogP contribution in [-0.2, 0) is 48.6 Å². The molecule has 0 radical (unpaired) electrons. The van der Waals surface area contributed by atoms with Gasteiger partial charge in [0, 0.05) is 74.0 Å². The average molecular weight is 887 g/mol. The van der Waals surface area contributed by atoms with Gasteiger partial charge in [0.05, 0.1) is 22.1 Å². The average Bonchev–Trinajstić information content (AvgIpc) is 3.88. The van der Waals surface area contributed by atoms with E-state index in [1.165, 1.54) is 0 Å². The normalized spacial score (nSPS) is 11.7. The minimum absolute atomic E-state index is 0.0721. The van der Waals surface area contributed by atoms with E-state index in [1.807, 2.05) is 36.4 Å². The van der Waals surface area contributed by atoms with Gasteiger partial charge in [-0.1, -0.05) is 88.1 Å². The first-order valence-corrected chi connectivity index (χ1v) is 23.4. The van der Waals surface area contributed by atoms with Crippen LogP contribution in [0.3, 0.4) is 0 Å². The molecule has 0 spiro atoms. The number of aryl methyl sites for hydroxylation is 2. The molecule has 0 fully saturated rings. The van der Waals surface area contributed by atoms with Crippen LogP contribution in [0, 0.1) is 0 Å². The molecule has 0 aliphatic carbocycles. The molecule has 4 aromatic carbocycles. The number of carbonyl (C=O) groups excluding carboxylic acids is 2. The molecule has 0 atom stereocenters. The lowest BCUT2D eigenvalue weighted by Gasteiger charge is -2.24. The Bertz CT molecular complexity index is 2820. The van der Waals surface area contributed by atoms with Crippen LogP contribution in [0.1, 0.15) is 112 Å². The van der Waals surface area contributed by atoms with Crippen LogP contribution < -0.4 is 33.6 Å². The van der Waals surface area contributed by atoms with E-state index in [9.17, 15) is 9.59 Å². The first-order chi connectivity index (χ1) is 32.1. The van der Waals surface area contributed by atoms with Crippen LogP contribution in [0.25, 0.3) is 43.9 Å². The predicted octanol–water partition coefficient (Wildman–Crippen LogP) is 8.84. The number of primary amides is 1. The molecule has 0 unspecified atom stereocenters. The SMILES string of the molecule is CCCCc1nc2c(N)nc3ccc(N(C(=O)CCCCCCC(N)=O)c4ccc5nc(N)c6nc(CCCC)n(Cc7ccc(CN)cc7)c6c5c4)cc3c2n1Cc1ccc(CN)cc1. The maximum Gasteiger partial charge on any atom is 0.231 e. The monoisotopic (exact) mass is 887 g/mol. The number of nitrogens with two attached hydrogens (primary N) is 5. The zero-order chi connectivity index (χ0) is 46.3. The number of hydrogen-bond donors (Lipinski definition) is 5. The predicted molar refractivity (Wildman–Crippen MR) is 267 cm³/mol. The number of nitrogen functional groups attached to an aromatic ring is 2. The fourth-order valence-corrected chi connectivity index (χ4v) is 8.96. The molecule has 342 valence electrons. The molecule has 10 N–H and O–H groups in total. The van der Waals surface area contributed by atoms with Crippen LogP contribution >= 0.6 is 0 Å². The Balaban J connectivity index is 1.29. The van der Waals surface area contributed by atoms with Crippen LogP contribution in [-0.4, -0.2) is 40.9 Å². The molecule has 8 rings (SSSR count). The molecule has 0 saturated heterocycles. The molecule has 0 aliphatic heterocycles. The van der Waals surface area contributed by atoms with Crippen molar-refractivity contribution in [2.45, 2.75) is 117 Å². The smallest absolute Gasteiger partial charge is 0.231 e. The summed E-state index contributed by atoms with van der Waals surface area (Å²) in [5, 5.41) is 1.68. The summed E-state index contributed by atoms with van der Waals surface area (Å²) in [6.45, 7) is 6.43. The topological polar surface area (TPSA) is 229 Å². The van der Waals surface area contributed by atoms with Gasteiger partial charge in [0.15, 0.2) is 11.6 Å². The number of amides is 2. The number of carbonyl (C=O) groups is 2. The molecule has 8 aromatic rings. The summed E-state index contributed by atoms with van der Waals surface area (Å²) >= 11 is 0. The standard InChI is InChI=1S/C52H62N12O2/c1-3-5-12-44-60-47-49(62(44)31-35-19-15-33(29-53)16-20-35)39-27-37(23-25-41(39)58-51(47)56)64(46(66)14-10-8-7-9-11-43(55)65)38-24-26-42-40(28-38)50-48(52(57)59-42)61-45(13-6-4-2)63(50)32-36-21-17-34(30-54)18-22-36/h15-28H,3-14,29-32,53-54H2,1-2H3,(H2,55,65)(H2,56,58)(H2,57,59). The highest BCUT2D eigenvalue weighted by molar-refractivity contribution is 6.12. The molecule has 4 aromatic heterocycles. The molecule has 66 heavy (non-hydrogen) atoms. The van der Waals surface area contributed by atoms with Gasteiger partial charge < -0.3 is 37.8 Å². The second-order valence-corrected chi connectivity index (χ2v) is 17.4. The van der Waals surface area contributed by atoms with Crippen LogP contribution in [0.2, 0.25) is 0 Å². The molecule has 0 aliphatic rings. The number of fused-ring (bicyclic) bond motifs is 6. The second kappa shape index (κ2) is 20.5. The van der Waals surface area contributed by atoms with Crippen molar-refractivity contribution in [3.05, 3.63) is 119 Å². The third-order valence-corrected chi connectivity index (χ3v) is 12.6. The Morgan fingerprint density at radius 2 is 0.970 bits per heavy atom. The van der Waals surface area contributed by atoms with E-state index in [0.717, 1.165) is 107 Å². The summed E-state index contributed by atoms with van der Waals surface area (Å²) in [7, 11) is 0. The largest absolute Gasteiger partial charge is 0.382 e. The minimum Gasteiger partial charge on any atom is -0.382 e. The molecule has 0 saturated carbocycles. The van der Waals surface area contributed by atoms with Crippen molar-refractivity contribution >= 4 is 78.7 Å². The molecule has 14 nitrogen and oxygen atoms in total. The van der Waals surface area contributed by atoms with Gasteiger partial charge in [-0.3, -0.25) is 14.5 Å². The molecule has 0 bridgehead atoms. The van der Waals surface area contributed by atoms with Gasteiger partial charge in [-0.2, -0.15) is 0 Å². The quantitative estimate of drug-likeness (QED) is 0.0431. The van der Waals surface area contributed by atoms with Crippen LogP contribution in [0.15, 0.2) is 84.9 Å². The zero-order valence-electron chi connectivity index (χ0n) is 38.2. The molecule has 4 heterocycles. The number of aromatic nitrogens is 6.